The molecule has 1 heterocycles. The standard InChI is InChI=1S/C14H18N2O3S/c1-10-5-6-16(9-14(10)17)20(18,19)13-4-3-12(8-15)11(2)7-13/h3-4,7,10,14,17H,5-6,9H2,1-2H3. The van der Waals surface area contributed by atoms with Crippen molar-refractivity contribution in [2.24, 2.45) is 5.92 Å². The summed E-state index contributed by atoms with van der Waals surface area (Å²) in [4.78, 5) is 0.177. The lowest BCUT2D eigenvalue weighted by atomic mass is 9.98. The maximum Gasteiger partial charge on any atom is 0.243 e. The summed E-state index contributed by atoms with van der Waals surface area (Å²) in [5, 5.41) is 18.7. The fraction of sp³-hybridized carbons (Fsp3) is 0.500. The summed E-state index contributed by atoms with van der Waals surface area (Å²) in [5.74, 6) is 0.115. The molecule has 20 heavy (non-hydrogen) atoms. The van der Waals surface area contributed by atoms with Gasteiger partial charge in [-0.1, -0.05) is 6.92 Å². The molecule has 5 nitrogen and oxygen atoms in total. The zero-order chi connectivity index (χ0) is 14.9. The van der Waals surface area contributed by atoms with Gasteiger partial charge in [-0.05, 0) is 43.0 Å². The Kier molecular flexibility index (Phi) is 4.14. The predicted octanol–water partition coefficient (Wildman–Crippen LogP) is 1.26. The second-order valence-electron chi connectivity index (χ2n) is 5.28. The molecule has 0 saturated carbocycles. The number of aliphatic hydroxyl groups is 1. The van der Waals surface area contributed by atoms with Gasteiger partial charge in [0.15, 0.2) is 0 Å². The fourth-order valence-electron chi connectivity index (χ4n) is 2.31. The summed E-state index contributed by atoms with van der Waals surface area (Å²) in [5.41, 5.74) is 1.11. The summed E-state index contributed by atoms with van der Waals surface area (Å²) in [7, 11) is -3.60. The van der Waals surface area contributed by atoms with Gasteiger partial charge in [-0.3, -0.25) is 0 Å². The number of benzene rings is 1. The van der Waals surface area contributed by atoms with Gasteiger partial charge in [0.2, 0.25) is 10.0 Å². The maximum atomic E-state index is 12.5. The second-order valence-corrected chi connectivity index (χ2v) is 7.22. The molecule has 0 aliphatic carbocycles. The summed E-state index contributed by atoms with van der Waals surface area (Å²) in [6.45, 7) is 4.17. The molecule has 1 aromatic carbocycles. The Labute approximate surface area is 119 Å². The van der Waals surface area contributed by atoms with Crippen LogP contribution >= 0.6 is 0 Å². The molecular weight excluding hydrogens is 276 g/mol. The molecule has 0 amide bonds. The van der Waals surface area contributed by atoms with Gasteiger partial charge in [0.1, 0.15) is 0 Å². The quantitative estimate of drug-likeness (QED) is 0.890. The number of hydrogen-bond acceptors (Lipinski definition) is 4. The third kappa shape index (κ3) is 2.70. The van der Waals surface area contributed by atoms with Crippen LogP contribution in [0.4, 0.5) is 0 Å². The average Bonchev–Trinajstić information content (AvgIpc) is 2.41. The first-order chi connectivity index (χ1) is 9.36. The van der Waals surface area contributed by atoms with Crippen molar-refractivity contribution in [1.29, 1.82) is 5.26 Å². The average molecular weight is 294 g/mol. The van der Waals surface area contributed by atoms with Crippen molar-refractivity contribution in [3.63, 3.8) is 0 Å². The molecule has 0 aromatic heterocycles. The highest BCUT2D eigenvalue weighted by Crippen LogP contribution is 2.25. The normalized spacial score (nSPS) is 24.3. The molecule has 2 rings (SSSR count). The Bertz CT molecular complexity index is 649. The van der Waals surface area contributed by atoms with Crippen LogP contribution in [0.2, 0.25) is 0 Å². The first-order valence-electron chi connectivity index (χ1n) is 6.55. The minimum Gasteiger partial charge on any atom is -0.391 e. The largest absolute Gasteiger partial charge is 0.391 e. The maximum absolute atomic E-state index is 12.5. The zero-order valence-electron chi connectivity index (χ0n) is 11.6. The van der Waals surface area contributed by atoms with E-state index in [1.54, 1.807) is 6.92 Å². The number of hydrogen-bond donors (Lipinski definition) is 1. The van der Waals surface area contributed by atoms with Crippen LogP contribution in [0, 0.1) is 24.2 Å². The molecule has 1 aliphatic rings. The molecule has 108 valence electrons. The van der Waals surface area contributed by atoms with E-state index in [4.69, 9.17) is 5.26 Å². The number of nitrogens with zero attached hydrogens (tertiary/aromatic N) is 2. The van der Waals surface area contributed by atoms with E-state index in [2.05, 4.69) is 0 Å². The topological polar surface area (TPSA) is 81.4 Å². The van der Waals surface area contributed by atoms with Crippen LogP contribution in [0.3, 0.4) is 0 Å². The number of aryl methyl sites for hydroxylation is 1. The molecule has 2 unspecified atom stereocenters. The molecule has 1 N–H and O–H groups in total. The van der Waals surface area contributed by atoms with E-state index in [0.717, 1.165) is 0 Å². The number of aliphatic hydroxyl groups excluding tert-OH is 1. The Morgan fingerprint density at radius 3 is 2.70 bits per heavy atom. The van der Waals surface area contributed by atoms with Crippen molar-refractivity contribution in [2.45, 2.75) is 31.3 Å². The van der Waals surface area contributed by atoms with Crippen molar-refractivity contribution in [3.05, 3.63) is 29.3 Å². The third-order valence-electron chi connectivity index (χ3n) is 3.84. The van der Waals surface area contributed by atoms with Gasteiger partial charge in [0, 0.05) is 13.1 Å². The Morgan fingerprint density at radius 1 is 1.45 bits per heavy atom. The highest BCUT2D eigenvalue weighted by atomic mass is 32.2. The zero-order valence-corrected chi connectivity index (χ0v) is 12.4. The van der Waals surface area contributed by atoms with Crippen LogP contribution in [0.25, 0.3) is 0 Å². The highest BCUT2D eigenvalue weighted by molar-refractivity contribution is 7.89. The van der Waals surface area contributed by atoms with Crippen LogP contribution in [0.5, 0.6) is 0 Å². The van der Waals surface area contributed by atoms with Gasteiger partial charge in [-0.2, -0.15) is 9.57 Å². The van der Waals surface area contributed by atoms with Crippen molar-refractivity contribution in [2.75, 3.05) is 13.1 Å². The summed E-state index contributed by atoms with van der Waals surface area (Å²) >= 11 is 0. The monoisotopic (exact) mass is 294 g/mol. The van der Waals surface area contributed by atoms with E-state index in [-0.39, 0.29) is 17.4 Å². The van der Waals surface area contributed by atoms with E-state index in [1.165, 1.54) is 22.5 Å². The Morgan fingerprint density at radius 2 is 2.15 bits per heavy atom. The van der Waals surface area contributed by atoms with Crippen LogP contribution in [-0.4, -0.2) is 37.0 Å². The van der Waals surface area contributed by atoms with E-state index in [0.29, 0.717) is 24.1 Å². The van der Waals surface area contributed by atoms with Crippen molar-refractivity contribution in [1.82, 2.24) is 4.31 Å². The van der Waals surface area contributed by atoms with Gasteiger partial charge in [0.25, 0.3) is 0 Å². The number of sulfonamides is 1. The van der Waals surface area contributed by atoms with Crippen LogP contribution < -0.4 is 0 Å². The Hall–Kier alpha value is -1.42. The minimum absolute atomic E-state index is 0.115. The Balaban J connectivity index is 2.31. The number of β-amino-alcohol motifs (C(OH)–C–C–N with tert-alkyl or cyclic N) is 1. The summed E-state index contributed by atoms with van der Waals surface area (Å²) in [6.07, 6.45) is 0.0216. The van der Waals surface area contributed by atoms with Gasteiger partial charge in [-0.15, -0.1) is 0 Å². The fourth-order valence-corrected chi connectivity index (χ4v) is 3.87. The molecule has 0 radical (unpaired) electrons. The van der Waals surface area contributed by atoms with Crippen molar-refractivity contribution >= 4 is 10.0 Å². The molecule has 1 aliphatic heterocycles. The molecule has 0 spiro atoms. The third-order valence-corrected chi connectivity index (χ3v) is 5.70. The van der Waals surface area contributed by atoms with Crippen LogP contribution in [0.1, 0.15) is 24.5 Å². The minimum atomic E-state index is -3.60. The molecule has 1 fully saturated rings. The lowest BCUT2D eigenvalue weighted by Crippen LogP contribution is -2.45. The van der Waals surface area contributed by atoms with Crippen LogP contribution in [0.15, 0.2) is 23.1 Å². The highest BCUT2D eigenvalue weighted by Gasteiger charge is 2.32. The van der Waals surface area contributed by atoms with Crippen molar-refractivity contribution < 1.29 is 13.5 Å². The second kappa shape index (κ2) is 5.52. The number of rotatable bonds is 2. The number of piperidine rings is 1. The van der Waals surface area contributed by atoms with Gasteiger partial charge < -0.3 is 5.11 Å². The smallest absolute Gasteiger partial charge is 0.243 e. The molecule has 1 saturated heterocycles. The molecular formula is C14H18N2O3S. The number of nitriles is 1. The molecule has 2 atom stereocenters. The summed E-state index contributed by atoms with van der Waals surface area (Å²) in [6, 6.07) is 6.50. The molecule has 1 aromatic rings. The first kappa shape index (κ1) is 15.0. The molecule has 6 heteroatoms. The first-order valence-corrected chi connectivity index (χ1v) is 7.99. The van der Waals surface area contributed by atoms with Crippen LogP contribution in [-0.2, 0) is 10.0 Å². The SMILES string of the molecule is Cc1cc(S(=O)(=O)N2CCC(C)C(O)C2)ccc1C#N. The van der Waals surface area contributed by atoms with Crippen molar-refractivity contribution in [3.8, 4) is 6.07 Å². The predicted molar refractivity (Wildman–Crippen MR) is 74.4 cm³/mol. The van der Waals surface area contributed by atoms with Gasteiger partial charge in [-0.25, -0.2) is 8.42 Å². The lowest BCUT2D eigenvalue weighted by molar-refractivity contribution is 0.0605. The van der Waals surface area contributed by atoms with E-state index in [9.17, 15) is 13.5 Å². The van der Waals surface area contributed by atoms with E-state index >= 15 is 0 Å². The van der Waals surface area contributed by atoms with Gasteiger partial charge >= 0.3 is 0 Å². The summed E-state index contributed by atoms with van der Waals surface area (Å²) < 4.78 is 26.4. The van der Waals surface area contributed by atoms with Gasteiger partial charge in [0.05, 0.1) is 22.6 Å². The van der Waals surface area contributed by atoms with E-state index < -0.39 is 16.1 Å². The van der Waals surface area contributed by atoms with E-state index in [1.807, 2.05) is 13.0 Å². The molecule has 0 bridgehead atoms. The lowest BCUT2D eigenvalue weighted by Gasteiger charge is -2.33.